The molecule has 0 aromatic rings. The number of aliphatic hydroxyl groups is 1. The molecule has 0 radical (unpaired) electrons. The summed E-state index contributed by atoms with van der Waals surface area (Å²) in [5.74, 6) is -0.152. The number of hydrogen-bond donors (Lipinski definition) is 1. The Kier molecular flexibility index (Phi) is 29.3. The molecule has 0 saturated heterocycles. The minimum absolute atomic E-state index is 0.152. The summed E-state index contributed by atoms with van der Waals surface area (Å²) in [5.41, 5.74) is -0.983. The van der Waals surface area contributed by atoms with E-state index in [4.69, 9.17) is 4.74 Å². The second kappa shape index (κ2) is 30.3. The van der Waals surface area contributed by atoms with Gasteiger partial charge in [0, 0.05) is 12.5 Å². The highest BCUT2D eigenvalue weighted by molar-refractivity contribution is 5.69. The zero-order chi connectivity index (χ0) is 32.7. The van der Waals surface area contributed by atoms with Crippen molar-refractivity contribution in [3.8, 4) is 0 Å². The molecule has 0 saturated carbocycles. The number of ether oxygens (including phenoxy) is 1. The van der Waals surface area contributed by atoms with Crippen LogP contribution in [0.15, 0.2) is 36.5 Å². The topological polar surface area (TPSA) is 49.8 Å². The van der Waals surface area contributed by atoms with Crippen LogP contribution in [0.4, 0.5) is 0 Å². The van der Waals surface area contributed by atoms with E-state index in [1.807, 2.05) is 0 Å². The quantitative estimate of drug-likeness (QED) is 0.0477. The Morgan fingerprint density at radius 3 is 1.45 bits per heavy atom. The predicted octanol–water partition coefficient (Wildman–Crippen LogP) is 11.7. The van der Waals surface area contributed by atoms with E-state index in [0.29, 0.717) is 25.3 Å². The van der Waals surface area contributed by atoms with Gasteiger partial charge in [0.25, 0.3) is 0 Å². The fourth-order valence-electron chi connectivity index (χ4n) is 5.62. The van der Waals surface area contributed by atoms with Gasteiger partial charge in [-0.1, -0.05) is 95.8 Å². The molecule has 0 fully saturated rings. The molecule has 4 nitrogen and oxygen atoms in total. The Labute approximate surface area is 275 Å². The van der Waals surface area contributed by atoms with Crippen molar-refractivity contribution in [2.24, 2.45) is 0 Å². The van der Waals surface area contributed by atoms with Crippen molar-refractivity contribution in [3.05, 3.63) is 36.5 Å². The van der Waals surface area contributed by atoms with E-state index in [0.717, 1.165) is 77.0 Å². The number of carbonyl (C=O) groups excluding carboxylic acids is 1. The zero-order valence-electron chi connectivity index (χ0n) is 30.3. The van der Waals surface area contributed by atoms with Crippen LogP contribution in [0.2, 0.25) is 0 Å². The molecular formula is C40H75NO3. The molecule has 0 aliphatic heterocycles. The molecule has 0 aromatic heterocycles. The lowest BCUT2D eigenvalue weighted by molar-refractivity contribution is -0.169. The first kappa shape index (κ1) is 42.6. The number of allylic oxidation sites excluding steroid dienone is 6. The maximum atomic E-state index is 13.1. The van der Waals surface area contributed by atoms with E-state index < -0.39 is 11.7 Å². The van der Waals surface area contributed by atoms with E-state index in [2.05, 4.69) is 83.1 Å². The van der Waals surface area contributed by atoms with Crippen LogP contribution in [0.3, 0.4) is 0 Å². The molecule has 0 rings (SSSR count). The maximum Gasteiger partial charge on any atom is 0.306 e. The van der Waals surface area contributed by atoms with Crippen LogP contribution >= 0.6 is 0 Å². The molecule has 0 aliphatic carbocycles. The molecule has 44 heavy (non-hydrogen) atoms. The van der Waals surface area contributed by atoms with Crippen LogP contribution in [-0.4, -0.2) is 47.8 Å². The van der Waals surface area contributed by atoms with Gasteiger partial charge >= 0.3 is 5.97 Å². The summed E-state index contributed by atoms with van der Waals surface area (Å²) in [5, 5.41) is 12.2. The minimum atomic E-state index is -0.983. The molecule has 2 atom stereocenters. The summed E-state index contributed by atoms with van der Waals surface area (Å²) in [6, 6.07) is 0.435. The van der Waals surface area contributed by atoms with Gasteiger partial charge in [0.1, 0.15) is 11.7 Å². The standard InChI is InChI=1S/C40H75NO3/c1-7-10-13-16-19-22-25-28-33-38(44-39(42)34-31-32-37(4)41(5)6)40(43,35-29-26-23-20-17-14-11-8-2)36-30-27-24-21-18-15-12-9-3/h19-24,37-38,43H,7-18,25-36H2,1-6H3/b22-19-,23-20-,24-21-. The molecule has 0 bridgehead atoms. The maximum absolute atomic E-state index is 13.1. The van der Waals surface area contributed by atoms with Crippen LogP contribution in [0.1, 0.15) is 182 Å². The van der Waals surface area contributed by atoms with E-state index >= 15 is 0 Å². The molecule has 258 valence electrons. The lowest BCUT2D eigenvalue weighted by atomic mass is 9.83. The lowest BCUT2D eigenvalue weighted by Gasteiger charge is -2.36. The van der Waals surface area contributed by atoms with Gasteiger partial charge in [0.15, 0.2) is 0 Å². The minimum Gasteiger partial charge on any atom is -0.459 e. The van der Waals surface area contributed by atoms with Crippen molar-refractivity contribution >= 4 is 5.97 Å². The van der Waals surface area contributed by atoms with E-state index in [9.17, 15) is 9.90 Å². The molecular weight excluding hydrogens is 542 g/mol. The van der Waals surface area contributed by atoms with Gasteiger partial charge < -0.3 is 14.7 Å². The van der Waals surface area contributed by atoms with Crippen LogP contribution < -0.4 is 0 Å². The predicted molar refractivity (Wildman–Crippen MR) is 193 cm³/mol. The Balaban J connectivity index is 5.42. The Morgan fingerprint density at radius 1 is 0.636 bits per heavy atom. The summed E-state index contributed by atoms with van der Waals surface area (Å²) in [6.07, 6.45) is 38.0. The highest BCUT2D eigenvalue weighted by atomic mass is 16.6. The third kappa shape index (κ3) is 24.9. The zero-order valence-corrected chi connectivity index (χ0v) is 30.3. The monoisotopic (exact) mass is 618 g/mol. The van der Waals surface area contributed by atoms with Crippen molar-refractivity contribution in [1.82, 2.24) is 4.90 Å². The fraction of sp³-hybridized carbons (Fsp3) is 0.825. The van der Waals surface area contributed by atoms with Gasteiger partial charge in [-0.2, -0.15) is 0 Å². The fourth-order valence-corrected chi connectivity index (χ4v) is 5.62. The molecule has 0 aliphatic rings. The average molecular weight is 618 g/mol. The van der Waals surface area contributed by atoms with Gasteiger partial charge in [-0.3, -0.25) is 4.79 Å². The smallest absolute Gasteiger partial charge is 0.306 e. The Morgan fingerprint density at radius 2 is 1.05 bits per heavy atom. The first-order valence-corrected chi connectivity index (χ1v) is 18.8. The number of nitrogens with zero attached hydrogens (tertiary/aromatic N) is 1. The Bertz CT molecular complexity index is 700. The largest absolute Gasteiger partial charge is 0.459 e. The highest BCUT2D eigenvalue weighted by Gasteiger charge is 2.38. The summed E-state index contributed by atoms with van der Waals surface area (Å²) in [6.45, 7) is 8.91. The second-order valence-electron chi connectivity index (χ2n) is 13.4. The summed E-state index contributed by atoms with van der Waals surface area (Å²) in [4.78, 5) is 15.3. The average Bonchev–Trinajstić information content (AvgIpc) is 3.00. The van der Waals surface area contributed by atoms with Crippen molar-refractivity contribution < 1.29 is 14.6 Å². The van der Waals surface area contributed by atoms with Crippen molar-refractivity contribution in [1.29, 1.82) is 0 Å². The van der Waals surface area contributed by atoms with E-state index in [1.165, 1.54) is 57.8 Å². The molecule has 0 amide bonds. The number of rotatable bonds is 31. The molecule has 0 spiro atoms. The summed E-state index contributed by atoms with van der Waals surface area (Å²) < 4.78 is 6.20. The van der Waals surface area contributed by atoms with Gasteiger partial charge in [0.05, 0.1) is 0 Å². The van der Waals surface area contributed by atoms with Crippen molar-refractivity contribution in [3.63, 3.8) is 0 Å². The normalized spacial score (nSPS) is 14.0. The van der Waals surface area contributed by atoms with Crippen LogP contribution in [0, 0.1) is 0 Å². The first-order chi connectivity index (χ1) is 21.3. The van der Waals surface area contributed by atoms with Gasteiger partial charge in [-0.05, 0) is 130 Å². The molecule has 0 aromatic carbocycles. The summed E-state index contributed by atoms with van der Waals surface area (Å²) >= 11 is 0. The van der Waals surface area contributed by atoms with Gasteiger partial charge in [-0.15, -0.1) is 0 Å². The van der Waals surface area contributed by atoms with E-state index in [-0.39, 0.29) is 5.97 Å². The van der Waals surface area contributed by atoms with Gasteiger partial charge in [0.2, 0.25) is 0 Å². The van der Waals surface area contributed by atoms with Crippen molar-refractivity contribution in [2.75, 3.05) is 14.1 Å². The number of carbonyl (C=O) groups is 1. The van der Waals surface area contributed by atoms with Gasteiger partial charge in [-0.25, -0.2) is 0 Å². The number of hydrogen-bond acceptors (Lipinski definition) is 4. The SMILES string of the molecule is CCCCC/C=C\CCCC(OC(=O)CCCC(C)N(C)C)C(O)(CCC/C=C\CCCCC)CCC/C=C\CCCCC. The molecule has 4 heteroatoms. The van der Waals surface area contributed by atoms with Crippen LogP contribution in [0.25, 0.3) is 0 Å². The highest BCUT2D eigenvalue weighted by Crippen LogP contribution is 2.31. The first-order valence-electron chi connectivity index (χ1n) is 18.8. The summed E-state index contributed by atoms with van der Waals surface area (Å²) in [7, 11) is 4.16. The molecule has 0 heterocycles. The van der Waals surface area contributed by atoms with Crippen LogP contribution in [-0.2, 0) is 9.53 Å². The third-order valence-electron chi connectivity index (χ3n) is 8.98. The molecule has 1 N–H and O–H groups in total. The number of unbranched alkanes of at least 4 members (excludes halogenated alkanes) is 12. The number of esters is 1. The van der Waals surface area contributed by atoms with Crippen molar-refractivity contribution in [2.45, 2.75) is 200 Å². The third-order valence-corrected chi connectivity index (χ3v) is 8.98. The van der Waals surface area contributed by atoms with Crippen LogP contribution in [0.5, 0.6) is 0 Å². The lowest BCUT2D eigenvalue weighted by Crippen LogP contribution is -2.45. The molecule has 2 unspecified atom stereocenters. The second-order valence-corrected chi connectivity index (χ2v) is 13.4. The van der Waals surface area contributed by atoms with E-state index in [1.54, 1.807) is 0 Å². The Hall–Kier alpha value is -1.39.